The predicted octanol–water partition coefficient (Wildman–Crippen LogP) is 4.56. The van der Waals surface area contributed by atoms with Gasteiger partial charge in [0.05, 0.1) is 6.10 Å². The zero-order valence-corrected chi connectivity index (χ0v) is 11.9. The molecule has 0 saturated heterocycles. The van der Waals surface area contributed by atoms with Crippen molar-refractivity contribution in [3.63, 3.8) is 0 Å². The molecular weight excluding hydrogens is 346 g/mol. The average molecular weight is 358 g/mol. The molecule has 90 valence electrons. The second-order valence-corrected chi connectivity index (χ2v) is 5.14. The monoisotopic (exact) mass is 356 g/mol. The molecule has 0 radical (unpaired) electrons. The van der Waals surface area contributed by atoms with Crippen LogP contribution >= 0.6 is 31.9 Å². The van der Waals surface area contributed by atoms with Crippen LogP contribution in [0.1, 0.15) is 18.6 Å². The highest BCUT2D eigenvalue weighted by Gasteiger charge is 2.24. The van der Waals surface area contributed by atoms with E-state index in [0.717, 1.165) is 17.0 Å². The molecule has 0 bridgehead atoms. The minimum atomic E-state index is -2.80. The highest BCUT2D eigenvalue weighted by molar-refractivity contribution is 9.10. The summed E-state index contributed by atoms with van der Waals surface area (Å²) in [7, 11) is 0. The van der Waals surface area contributed by atoms with Crippen molar-refractivity contribution in [1.29, 1.82) is 0 Å². The van der Waals surface area contributed by atoms with Gasteiger partial charge in [-0.3, -0.25) is 0 Å². The van der Waals surface area contributed by atoms with Crippen LogP contribution in [-0.4, -0.2) is 17.9 Å². The molecule has 1 atom stereocenters. The molecule has 0 aliphatic heterocycles. The smallest absolute Gasteiger partial charge is 0.268 e. The molecule has 0 aliphatic rings. The van der Waals surface area contributed by atoms with Gasteiger partial charge < -0.3 is 4.74 Å². The number of hydrogen-bond donors (Lipinski definition) is 0. The van der Waals surface area contributed by atoms with E-state index in [1.165, 1.54) is 0 Å². The third-order valence-electron chi connectivity index (χ3n) is 1.92. The highest BCUT2D eigenvalue weighted by Crippen LogP contribution is 2.24. The van der Waals surface area contributed by atoms with Crippen molar-refractivity contribution in [3.8, 4) is 0 Å². The Morgan fingerprint density at radius 1 is 1.31 bits per heavy atom. The van der Waals surface area contributed by atoms with Crippen molar-refractivity contribution in [2.45, 2.75) is 19.0 Å². The maximum absolute atomic E-state index is 12.7. The molecule has 1 unspecified atom stereocenters. The van der Waals surface area contributed by atoms with Crippen molar-refractivity contribution in [3.05, 3.63) is 34.3 Å². The largest absolute Gasteiger partial charge is 0.366 e. The number of alkyl halides is 3. The molecule has 0 N–H and O–H groups in total. The second kappa shape index (κ2) is 6.07. The first-order valence-corrected chi connectivity index (χ1v) is 6.64. The molecule has 0 spiro atoms. The van der Waals surface area contributed by atoms with Gasteiger partial charge in [0.1, 0.15) is 6.61 Å². The summed E-state index contributed by atoms with van der Waals surface area (Å²) in [6.45, 7) is 0.277. The van der Waals surface area contributed by atoms with E-state index in [0.29, 0.717) is 5.33 Å². The van der Waals surface area contributed by atoms with Crippen LogP contribution in [0.5, 0.6) is 0 Å². The zero-order chi connectivity index (χ0) is 12.2. The van der Waals surface area contributed by atoms with E-state index in [-0.39, 0.29) is 6.10 Å². The van der Waals surface area contributed by atoms with Crippen molar-refractivity contribution in [2.75, 3.05) is 11.9 Å². The fourth-order valence-electron chi connectivity index (χ4n) is 1.15. The maximum Gasteiger partial charge on any atom is 0.268 e. The van der Waals surface area contributed by atoms with E-state index < -0.39 is 12.5 Å². The van der Waals surface area contributed by atoms with Crippen LogP contribution in [0, 0.1) is 0 Å². The van der Waals surface area contributed by atoms with Gasteiger partial charge in [-0.2, -0.15) is 0 Å². The molecule has 1 nitrogen and oxygen atoms in total. The molecule has 0 saturated carbocycles. The molecule has 0 aromatic heterocycles. The van der Waals surface area contributed by atoms with Crippen LogP contribution in [0.2, 0.25) is 0 Å². The van der Waals surface area contributed by atoms with E-state index in [4.69, 9.17) is 4.74 Å². The predicted molar refractivity (Wildman–Crippen MR) is 67.3 cm³/mol. The summed E-state index contributed by atoms with van der Waals surface area (Å²) in [4.78, 5) is 0. The Labute approximate surface area is 110 Å². The molecular formula is C11H12Br2F2O. The maximum atomic E-state index is 12.7. The molecule has 0 fully saturated rings. The van der Waals surface area contributed by atoms with Gasteiger partial charge in [-0.05, 0) is 17.7 Å². The molecule has 0 amide bonds. The number of hydrogen-bond acceptors (Lipinski definition) is 1. The Balaban J connectivity index is 2.64. The summed E-state index contributed by atoms with van der Waals surface area (Å²) in [6, 6.07) is 7.42. The van der Waals surface area contributed by atoms with Gasteiger partial charge >= 0.3 is 0 Å². The Morgan fingerprint density at radius 3 is 2.31 bits per heavy atom. The van der Waals surface area contributed by atoms with Crippen LogP contribution in [0.4, 0.5) is 8.78 Å². The summed E-state index contributed by atoms with van der Waals surface area (Å²) < 4.78 is 31.4. The van der Waals surface area contributed by atoms with Crippen molar-refractivity contribution < 1.29 is 13.5 Å². The van der Waals surface area contributed by atoms with Gasteiger partial charge in [0, 0.05) is 16.7 Å². The zero-order valence-electron chi connectivity index (χ0n) is 8.72. The van der Waals surface area contributed by atoms with Crippen LogP contribution < -0.4 is 0 Å². The van der Waals surface area contributed by atoms with Crippen LogP contribution in [0.25, 0.3) is 0 Å². The fourth-order valence-corrected chi connectivity index (χ4v) is 1.98. The summed E-state index contributed by atoms with van der Waals surface area (Å²) in [5.41, 5.74) is 0.879. The minimum Gasteiger partial charge on any atom is -0.366 e. The molecule has 1 aromatic rings. The van der Waals surface area contributed by atoms with Gasteiger partial charge in [0.2, 0.25) is 0 Å². The Bertz CT molecular complexity index is 322. The molecule has 0 heterocycles. The van der Waals surface area contributed by atoms with Crippen molar-refractivity contribution >= 4 is 31.9 Å². The SMILES string of the molecule is CC(F)(F)COC(CBr)c1ccc(Br)cc1. The first-order chi connectivity index (χ1) is 7.42. The third kappa shape index (κ3) is 4.89. The van der Waals surface area contributed by atoms with E-state index in [2.05, 4.69) is 31.9 Å². The second-order valence-electron chi connectivity index (χ2n) is 3.58. The Morgan fingerprint density at radius 2 is 1.88 bits per heavy atom. The lowest BCUT2D eigenvalue weighted by molar-refractivity contribution is -0.0828. The summed E-state index contributed by atoms with van der Waals surface area (Å²) in [6.07, 6.45) is -0.348. The average Bonchev–Trinajstić information content (AvgIpc) is 2.20. The quantitative estimate of drug-likeness (QED) is 0.702. The molecule has 16 heavy (non-hydrogen) atoms. The lowest BCUT2D eigenvalue weighted by Gasteiger charge is -2.18. The minimum absolute atomic E-state index is 0.348. The van der Waals surface area contributed by atoms with Gasteiger partial charge in [-0.25, -0.2) is 8.78 Å². The van der Waals surface area contributed by atoms with Crippen molar-refractivity contribution in [1.82, 2.24) is 0 Å². The van der Waals surface area contributed by atoms with Crippen LogP contribution in [0.15, 0.2) is 28.7 Å². The van der Waals surface area contributed by atoms with Gasteiger partial charge in [0.15, 0.2) is 0 Å². The molecule has 1 rings (SSSR count). The van der Waals surface area contributed by atoms with Crippen LogP contribution in [-0.2, 0) is 4.74 Å². The van der Waals surface area contributed by atoms with E-state index in [9.17, 15) is 8.78 Å². The van der Waals surface area contributed by atoms with Gasteiger partial charge in [-0.15, -0.1) is 0 Å². The third-order valence-corrected chi connectivity index (χ3v) is 3.04. The Kier molecular flexibility index (Phi) is 5.34. The van der Waals surface area contributed by atoms with E-state index in [1.54, 1.807) is 0 Å². The topological polar surface area (TPSA) is 9.23 Å². The Hall–Kier alpha value is -0.000000000000000111. The lowest BCUT2D eigenvalue weighted by Crippen LogP contribution is -2.21. The van der Waals surface area contributed by atoms with Gasteiger partial charge in [0.25, 0.3) is 5.92 Å². The van der Waals surface area contributed by atoms with Gasteiger partial charge in [-0.1, -0.05) is 44.0 Å². The highest BCUT2D eigenvalue weighted by atomic mass is 79.9. The number of ether oxygens (including phenoxy) is 1. The first kappa shape index (κ1) is 14.1. The first-order valence-electron chi connectivity index (χ1n) is 4.73. The van der Waals surface area contributed by atoms with Crippen molar-refractivity contribution in [2.24, 2.45) is 0 Å². The van der Waals surface area contributed by atoms with Crippen LogP contribution in [0.3, 0.4) is 0 Å². The molecule has 1 aromatic carbocycles. The fraction of sp³-hybridized carbons (Fsp3) is 0.455. The number of rotatable bonds is 5. The standard InChI is InChI=1S/C11H12Br2F2O/c1-11(14,15)7-16-10(6-12)8-2-4-9(13)5-3-8/h2-5,10H,6-7H2,1H3. The normalized spacial score (nSPS) is 13.8. The lowest BCUT2D eigenvalue weighted by atomic mass is 10.1. The number of halogens is 4. The summed E-state index contributed by atoms with van der Waals surface area (Å²) in [5, 5.41) is 0.491. The molecule has 0 aliphatic carbocycles. The summed E-state index contributed by atoms with van der Waals surface area (Å²) in [5.74, 6) is -2.80. The molecule has 5 heteroatoms. The summed E-state index contributed by atoms with van der Waals surface area (Å²) >= 11 is 6.57. The number of benzene rings is 1. The van der Waals surface area contributed by atoms with E-state index in [1.807, 2.05) is 24.3 Å². The van der Waals surface area contributed by atoms with E-state index >= 15 is 0 Å².